The molecule has 0 radical (unpaired) electrons. The molecule has 8 heteroatoms. The number of rotatable bonds is 6. The zero-order valence-electron chi connectivity index (χ0n) is 16.7. The smallest absolute Gasteiger partial charge is 0.424 e. The highest BCUT2D eigenvalue weighted by Crippen LogP contribution is 2.33. The lowest BCUT2D eigenvalue weighted by Crippen LogP contribution is -2.49. The van der Waals surface area contributed by atoms with Gasteiger partial charge in [0.25, 0.3) is 0 Å². The minimum Gasteiger partial charge on any atom is -0.446 e. The number of carbonyl (C=O) groups excluding carboxylic acids is 5. The van der Waals surface area contributed by atoms with Crippen molar-refractivity contribution in [2.75, 3.05) is 6.54 Å². The van der Waals surface area contributed by atoms with Crippen LogP contribution >= 0.6 is 0 Å². The molecule has 0 bridgehead atoms. The quantitative estimate of drug-likeness (QED) is 0.706. The van der Waals surface area contributed by atoms with E-state index in [4.69, 9.17) is 23.9 Å². The van der Waals surface area contributed by atoms with Crippen LogP contribution in [0.5, 0.6) is 0 Å². The lowest BCUT2D eigenvalue weighted by atomic mass is 9.92. The van der Waals surface area contributed by atoms with E-state index in [0.29, 0.717) is 18.0 Å². The molecular formula is C18H32N2O6. The van der Waals surface area contributed by atoms with Crippen LogP contribution in [0.25, 0.3) is 0 Å². The zero-order chi connectivity index (χ0) is 20.7. The first-order valence-electron chi connectivity index (χ1n) is 9.00. The van der Waals surface area contributed by atoms with Gasteiger partial charge in [-0.05, 0) is 46.5 Å². The number of amides is 1. The maximum atomic E-state index is 12.3. The molecule has 0 saturated carbocycles. The molecule has 1 amide bonds. The molecule has 1 aliphatic rings. The first-order valence-corrected chi connectivity index (χ1v) is 9.00. The monoisotopic (exact) mass is 372 g/mol. The SMILES string of the molecule is CCC[C@H]1CN(C(=O)OC(C)C)N(C(C)C)[C@@H]1CCC.O=C=O.O=C=O. The summed E-state index contributed by atoms with van der Waals surface area (Å²) in [5, 5.41) is 4.11. The molecule has 8 nitrogen and oxygen atoms in total. The van der Waals surface area contributed by atoms with Crippen LogP contribution in [-0.2, 0) is 23.9 Å². The van der Waals surface area contributed by atoms with Crippen molar-refractivity contribution in [2.24, 2.45) is 5.92 Å². The molecule has 0 aliphatic carbocycles. The number of ether oxygens (including phenoxy) is 1. The Morgan fingerprint density at radius 1 is 1.00 bits per heavy atom. The van der Waals surface area contributed by atoms with Gasteiger partial charge in [0.15, 0.2) is 0 Å². The van der Waals surface area contributed by atoms with Gasteiger partial charge in [0.05, 0.1) is 6.10 Å². The van der Waals surface area contributed by atoms with Crippen molar-refractivity contribution in [1.82, 2.24) is 10.0 Å². The Hall–Kier alpha value is -2.01. The summed E-state index contributed by atoms with van der Waals surface area (Å²) < 4.78 is 5.41. The number of nitrogens with zero attached hydrogens (tertiary/aromatic N) is 2. The second-order valence-corrected chi connectivity index (χ2v) is 6.56. The van der Waals surface area contributed by atoms with E-state index >= 15 is 0 Å². The zero-order valence-corrected chi connectivity index (χ0v) is 16.7. The molecule has 2 atom stereocenters. The van der Waals surface area contributed by atoms with Crippen molar-refractivity contribution in [3.63, 3.8) is 0 Å². The normalized spacial score (nSPS) is 19.0. The van der Waals surface area contributed by atoms with Crippen molar-refractivity contribution >= 4 is 18.4 Å². The van der Waals surface area contributed by atoms with Crippen LogP contribution in [0, 0.1) is 5.92 Å². The first kappa shape index (κ1) is 26.2. The fourth-order valence-electron chi connectivity index (χ4n) is 3.24. The highest BCUT2D eigenvalue weighted by molar-refractivity contribution is 5.67. The van der Waals surface area contributed by atoms with Crippen LogP contribution in [0.15, 0.2) is 0 Å². The van der Waals surface area contributed by atoms with Gasteiger partial charge in [0, 0.05) is 18.6 Å². The highest BCUT2D eigenvalue weighted by atomic mass is 16.6. The second-order valence-electron chi connectivity index (χ2n) is 6.56. The van der Waals surface area contributed by atoms with E-state index in [1.54, 1.807) is 0 Å². The summed E-state index contributed by atoms with van der Waals surface area (Å²) in [7, 11) is 0. The van der Waals surface area contributed by atoms with E-state index < -0.39 is 0 Å². The van der Waals surface area contributed by atoms with E-state index in [0.717, 1.165) is 19.4 Å². The van der Waals surface area contributed by atoms with Crippen LogP contribution in [0.1, 0.15) is 67.2 Å². The molecule has 0 unspecified atom stereocenters. The van der Waals surface area contributed by atoms with Crippen LogP contribution in [-0.4, -0.2) is 53.1 Å². The fourth-order valence-corrected chi connectivity index (χ4v) is 3.24. The van der Waals surface area contributed by atoms with Gasteiger partial charge in [0.1, 0.15) is 0 Å². The average molecular weight is 372 g/mol. The van der Waals surface area contributed by atoms with E-state index in [1.807, 2.05) is 18.9 Å². The molecule has 1 rings (SSSR count). The van der Waals surface area contributed by atoms with Gasteiger partial charge in [-0.3, -0.25) is 0 Å². The van der Waals surface area contributed by atoms with Gasteiger partial charge in [-0.25, -0.2) is 14.8 Å². The predicted molar refractivity (Wildman–Crippen MR) is 92.4 cm³/mol. The van der Waals surface area contributed by atoms with Gasteiger partial charge in [0.2, 0.25) is 0 Å². The molecule has 150 valence electrons. The minimum absolute atomic E-state index is 0.0636. The predicted octanol–water partition coefficient (Wildman–Crippen LogP) is 2.89. The number of carbonyl (C=O) groups is 1. The van der Waals surface area contributed by atoms with Gasteiger partial charge >= 0.3 is 18.4 Å². The Morgan fingerprint density at radius 3 is 1.81 bits per heavy atom. The summed E-state index contributed by atoms with van der Waals surface area (Å²) in [6.07, 6.45) is 4.90. The summed E-state index contributed by atoms with van der Waals surface area (Å²) in [5.41, 5.74) is 0. The van der Waals surface area contributed by atoms with Gasteiger partial charge in [-0.15, -0.1) is 0 Å². The lowest BCUT2D eigenvalue weighted by Gasteiger charge is -2.35. The lowest BCUT2D eigenvalue weighted by molar-refractivity contribution is -0.193. The minimum atomic E-state index is -0.187. The van der Waals surface area contributed by atoms with Crippen molar-refractivity contribution in [3.8, 4) is 0 Å². The van der Waals surface area contributed by atoms with Crippen LogP contribution < -0.4 is 0 Å². The van der Waals surface area contributed by atoms with Gasteiger partial charge in [-0.2, -0.15) is 19.2 Å². The highest BCUT2D eigenvalue weighted by Gasteiger charge is 2.43. The molecule has 1 aliphatic heterocycles. The summed E-state index contributed by atoms with van der Waals surface area (Å²) in [5.74, 6) is 0.571. The van der Waals surface area contributed by atoms with Gasteiger partial charge in [-0.1, -0.05) is 26.7 Å². The number of hydrogen-bond acceptors (Lipinski definition) is 7. The molecule has 0 aromatic rings. The van der Waals surface area contributed by atoms with E-state index in [1.165, 1.54) is 12.8 Å². The first-order chi connectivity index (χ1) is 12.2. The van der Waals surface area contributed by atoms with E-state index in [-0.39, 0.29) is 24.5 Å². The van der Waals surface area contributed by atoms with Gasteiger partial charge < -0.3 is 4.74 Å². The summed E-state index contributed by atoms with van der Waals surface area (Å²) in [6.45, 7) is 13.4. The Balaban J connectivity index is 0. The maximum absolute atomic E-state index is 12.3. The molecule has 0 spiro atoms. The van der Waals surface area contributed by atoms with E-state index in [9.17, 15) is 4.79 Å². The molecular weight excluding hydrogens is 340 g/mol. The third-order valence-corrected chi connectivity index (χ3v) is 3.89. The molecule has 0 aromatic heterocycles. The maximum Gasteiger partial charge on any atom is 0.424 e. The number of hydrazine groups is 1. The number of hydrogen-bond donors (Lipinski definition) is 0. The Bertz CT molecular complexity index is 443. The largest absolute Gasteiger partial charge is 0.446 e. The third-order valence-electron chi connectivity index (χ3n) is 3.89. The van der Waals surface area contributed by atoms with Crippen molar-refractivity contribution in [2.45, 2.75) is 85.4 Å². The third kappa shape index (κ3) is 9.47. The molecule has 1 heterocycles. The van der Waals surface area contributed by atoms with Crippen LogP contribution in [0.4, 0.5) is 4.79 Å². The van der Waals surface area contributed by atoms with E-state index in [2.05, 4.69) is 32.7 Å². The summed E-state index contributed by atoms with van der Waals surface area (Å²) in [4.78, 5) is 44.8. The molecule has 0 aromatic carbocycles. The van der Waals surface area contributed by atoms with Crippen molar-refractivity contribution in [1.29, 1.82) is 0 Å². The summed E-state index contributed by atoms with van der Waals surface area (Å²) >= 11 is 0. The molecule has 0 N–H and O–H groups in total. The van der Waals surface area contributed by atoms with Crippen LogP contribution in [0.2, 0.25) is 0 Å². The Kier molecular flexibility index (Phi) is 15.4. The summed E-state index contributed by atoms with van der Waals surface area (Å²) in [6, 6.07) is 0.799. The van der Waals surface area contributed by atoms with Crippen LogP contribution in [0.3, 0.4) is 0 Å². The van der Waals surface area contributed by atoms with Crippen molar-refractivity contribution in [3.05, 3.63) is 0 Å². The standard InChI is InChI=1S/C16H32N2O2.2CO2/c1-7-9-14-11-17(16(19)20-13(5)6)18(12(3)4)15(14)10-8-2;2*2-1-3/h12-15H,7-11H2,1-6H3;;/t14-,15+;;/m0../s1. The molecule has 1 fully saturated rings. The topological polar surface area (TPSA) is 101 Å². The Labute approximate surface area is 155 Å². The second kappa shape index (κ2) is 15.3. The molecule has 1 saturated heterocycles. The van der Waals surface area contributed by atoms with Crippen molar-refractivity contribution < 1.29 is 28.7 Å². The Morgan fingerprint density at radius 2 is 1.46 bits per heavy atom. The molecule has 26 heavy (non-hydrogen) atoms. The fraction of sp³-hybridized carbons (Fsp3) is 0.833. The average Bonchev–Trinajstić information content (AvgIpc) is 2.88.